The Kier molecular flexibility index (Phi) is 4.96. The van der Waals surface area contributed by atoms with E-state index in [4.69, 9.17) is 4.74 Å². The first-order valence-electron chi connectivity index (χ1n) is 9.75. The molecule has 2 saturated heterocycles. The lowest BCUT2D eigenvalue weighted by Crippen LogP contribution is -2.38. The maximum absolute atomic E-state index is 13.2. The zero-order valence-electron chi connectivity index (χ0n) is 16.0. The average molecular weight is 382 g/mol. The van der Waals surface area contributed by atoms with E-state index < -0.39 is 12.1 Å². The van der Waals surface area contributed by atoms with Crippen molar-refractivity contribution in [2.24, 2.45) is 24.3 Å². The molecule has 3 aliphatic rings. The van der Waals surface area contributed by atoms with Crippen LogP contribution in [-0.4, -0.2) is 71.9 Å². The molecule has 0 aromatic carbocycles. The van der Waals surface area contributed by atoms with E-state index in [0.717, 1.165) is 38.6 Å². The summed E-state index contributed by atoms with van der Waals surface area (Å²) in [5.41, 5.74) is -0.394. The molecule has 0 bridgehead atoms. The van der Waals surface area contributed by atoms with Gasteiger partial charge in [0.05, 0.1) is 12.2 Å². The highest BCUT2D eigenvalue weighted by Gasteiger charge is 2.50. The summed E-state index contributed by atoms with van der Waals surface area (Å²) in [4.78, 5) is 17.0. The van der Waals surface area contributed by atoms with Crippen LogP contribution in [0.2, 0.25) is 0 Å². The summed E-state index contributed by atoms with van der Waals surface area (Å²) in [6.45, 7) is 4.64. The van der Waals surface area contributed by atoms with Crippen LogP contribution in [0.4, 0.5) is 8.78 Å². The van der Waals surface area contributed by atoms with Crippen molar-refractivity contribution in [3.05, 3.63) is 17.5 Å². The third-order valence-electron chi connectivity index (χ3n) is 6.32. The number of likely N-dealkylation sites (tertiary alicyclic amines) is 2. The van der Waals surface area contributed by atoms with Crippen LogP contribution in [0.1, 0.15) is 41.7 Å². The van der Waals surface area contributed by atoms with Gasteiger partial charge in [-0.05, 0) is 32.2 Å². The molecule has 1 aromatic rings. The molecule has 1 aromatic heterocycles. The van der Waals surface area contributed by atoms with E-state index in [2.05, 4.69) is 17.0 Å². The van der Waals surface area contributed by atoms with Crippen molar-refractivity contribution in [1.82, 2.24) is 19.6 Å². The second-order valence-electron chi connectivity index (χ2n) is 8.62. The largest absolute Gasteiger partial charge is 0.381 e. The molecule has 1 amide bonds. The fourth-order valence-electron chi connectivity index (χ4n) is 4.73. The van der Waals surface area contributed by atoms with Gasteiger partial charge in [0.2, 0.25) is 0 Å². The van der Waals surface area contributed by atoms with Crippen molar-refractivity contribution < 1.29 is 18.3 Å². The number of rotatable bonds is 6. The highest BCUT2D eigenvalue weighted by molar-refractivity contribution is 5.95. The van der Waals surface area contributed by atoms with E-state index in [9.17, 15) is 13.6 Å². The van der Waals surface area contributed by atoms with E-state index in [1.54, 1.807) is 11.9 Å². The summed E-state index contributed by atoms with van der Waals surface area (Å²) in [6.07, 6.45) is 2.10. The first kappa shape index (κ1) is 18.8. The standard InChI is InChI=1S/C19H28F2N4O2/c1-23-7-14(10-27-9-13-3-4-13)19(11-23)5-6-25(12-19)18(26)15-8-24(2)22-16(15)17(20)21/h8,13-14,17H,3-7,9-12H2,1-2H3/t14-,19+/m0/s1. The quantitative estimate of drug-likeness (QED) is 0.757. The molecule has 150 valence electrons. The summed E-state index contributed by atoms with van der Waals surface area (Å²) in [5, 5.41) is 3.77. The highest BCUT2D eigenvalue weighted by Crippen LogP contribution is 2.44. The molecule has 27 heavy (non-hydrogen) atoms. The number of carbonyl (C=O) groups excluding carboxylic acids is 1. The number of hydrogen-bond donors (Lipinski definition) is 0. The fourth-order valence-corrected chi connectivity index (χ4v) is 4.73. The van der Waals surface area contributed by atoms with Crippen LogP contribution < -0.4 is 0 Å². The molecule has 2 aliphatic heterocycles. The van der Waals surface area contributed by atoms with Gasteiger partial charge in [-0.1, -0.05) is 0 Å². The average Bonchev–Trinajstić information content (AvgIpc) is 3.07. The topological polar surface area (TPSA) is 50.6 Å². The van der Waals surface area contributed by atoms with E-state index >= 15 is 0 Å². The third kappa shape index (κ3) is 3.74. The Labute approximate surface area is 158 Å². The van der Waals surface area contributed by atoms with Gasteiger partial charge in [-0.3, -0.25) is 9.48 Å². The maximum atomic E-state index is 13.2. The van der Waals surface area contributed by atoms with Crippen molar-refractivity contribution in [1.29, 1.82) is 0 Å². The molecule has 1 aliphatic carbocycles. The number of halogens is 2. The molecule has 8 heteroatoms. The molecule has 0 unspecified atom stereocenters. The van der Waals surface area contributed by atoms with Crippen LogP contribution >= 0.6 is 0 Å². The summed E-state index contributed by atoms with van der Waals surface area (Å²) in [5.74, 6) is 0.782. The number of amides is 1. The van der Waals surface area contributed by atoms with Crippen molar-refractivity contribution in [2.75, 3.05) is 46.4 Å². The Hall–Kier alpha value is -1.54. The highest BCUT2D eigenvalue weighted by atomic mass is 19.3. The Balaban J connectivity index is 1.45. The van der Waals surface area contributed by atoms with E-state index in [1.807, 2.05) is 0 Å². The zero-order valence-corrected chi connectivity index (χ0v) is 16.0. The van der Waals surface area contributed by atoms with Crippen LogP contribution in [0.5, 0.6) is 0 Å². The summed E-state index contributed by atoms with van der Waals surface area (Å²) in [6, 6.07) is 0. The predicted molar refractivity (Wildman–Crippen MR) is 95.6 cm³/mol. The minimum atomic E-state index is -2.75. The number of ether oxygens (including phenoxy) is 1. The first-order valence-corrected chi connectivity index (χ1v) is 9.75. The lowest BCUT2D eigenvalue weighted by molar-refractivity contribution is 0.0528. The van der Waals surface area contributed by atoms with Crippen LogP contribution in [0.3, 0.4) is 0 Å². The molecule has 4 rings (SSSR count). The third-order valence-corrected chi connectivity index (χ3v) is 6.32. The fraction of sp³-hybridized carbons (Fsp3) is 0.789. The predicted octanol–water partition coefficient (Wildman–Crippen LogP) is 2.18. The molecular formula is C19H28F2N4O2. The Morgan fingerprint density at radius 2 is 2.11 bits per heavy atom. The molecule has 2 atom stereocenters. The smallest absolute Gasteiger partial charge is 0.282 e. The molecule has 6 nitrogen and oxygen atoms in total. The summed E-state index contributed by atoms with van der Waals surface area (Å²) < 4.78 is 33.7. The number of alkyl halides is 2. The van der Waals surface area contributed by atoms with E-state index in [-0.39, 0.29) is 16.9 Å². The van der Waals surface area contributed by atoms with Crippen LogP contribution in [0.15, 0.2) is 6.20 Å². The molecule has 3 fully saturated rings. The molecule has 0 N–H and O–H groups in total. The SMILES string of the molecule is CN1C[C@@H](COCC2CC2)[C@]2(CCN(C(=O)c3cn(C)nc3C(F)F)C2)C1. The van der Waals surface area contributed by atoms with Crippen molar-refractivity contribution >= 4 is 5.91 Å². The zero-order chi connectivity index (χ0) is 19.2. The first-order chi connectivity index (χ1) is 12.9. The Bertz CT molecular complexity index is 706. The lowest BCUT2D eigenvalue weighted by atomic mass is 9.77. The molecule has 1 spiro atoms. The van der Waals surface area contributed by atoms with Crippen molar-refractivity contribution in [3.63, 3.8) is 0 Å². The number of aromatic nitrogens is 2. The monoisotopic (exact) mass is 382 g/mol. The second kappa shape index (κ2) is 7.13. The normalized spacial score (nSPS) is 28.8. The Morgan fingerprint density at radius 1 is 1.33 bits per heavy atom. The van der Waals surface area contributed by atoms with Crippen LogP contribution in [0.25, 0.3) is 0 Å². The number of aryl methyl sites for hydroxylation is 1. The van der Waals surface area contributed by atoms with Crippen LogP contribution in [-0.2, 0) is 11.8 Å². The minimum Gasteiger partial charge on any atom is -0.381 e. The van der Waals surface area contributed by atoms with Gasteiger partial charge in [-0.25, -0.2) is 8.78 Å². The molecule has 1 saturated carbocycles. The number of carbonyl (C=O) groups is 1. The summed E-state index contributed by atoms with van der Waals surface area (Å²) >= 11 is 0. The number of hydrogen-bond acceptors (Lipinski definition) is 4. The molecule has 3 heterocycles. The minimum absolute atomic E-state index is 0.00115. The van der Waals surface area contributed by atoms with Crippen LogP contribution in [0, 0.1) is 17.3 Å². The van der Waals surface area contributed by atoms with Gasteiger partial charge in [0.15, 0.2) is 0 Å². The Morgan fingerprint density at radius 3 is 2.81 bits per heavy atom. The van der Waals surface area contributed by atoms with Gasteiger partial charge in [0.1, 0.15) is 5.69 Å². The van der Waals surface area contributed by atoms with E-state index in [0.29, 0.717) is 19.0 Å². The molecular weight excluding hydrogens is 354 g/mol. The van der Waals surface area contributed by atoms with Gasteiger partial charge in [-0.15, -0.1) is 0 Å². The lowest BCUT2D eigenvalue weighted by Gasteiger charge is -2.30. The van der Waals surface area contributed by atoms with Gasteiger partial charge >= 0.3 is 0 Å². The molecule has 0 radical (unpaired) electrons. The van der Waals surface area contributed by atoms with Gasteiger partial charge in [-0.2, -0.15) is 5.10 Å². The number of nitrogens with zero attached hydrogens (tertiary/aromatic N) is 4. The van der Waals surface area contributed by atoms with Crippen molar-refractivity contribution in [3.8, 4) is 0 Å². The summed E-state index contributed by atoms with van der Waals surface area (Å²) in [7, 11) is 3.66. The van der Waals surface area contributed by atoms with Gasteiger partial charge < -0.3 is 14.5 Å². The van der Waals surface area contributed by atoms with E-state index in [1.165, 1.54) is 23.7 Å². The van der Waals surface area contributed by atoms with Gasteiger partial charge in [0.25, 0.3) is 12.3 Å². The second-order valence-corrected chi connectivity index (χ2v) is 8.62. The van der Waals surface area contributed by atoms with Gasteiger partial charge in [0, 0.05) is 57.4 Å². The maximum Gasteiger partial charge on any atom is 0.282 e. The van der Waals surface area contributed by atoms with Crippen molar-refractivity contribution in [2.45, 2.75) is 25.7 Å².